The minimum absolute atomic E-state index is 0.00250. The largest absolute Gasteiger partial charge is 0.383 e. The molecule has 6 heteroatoms. The van der Waals surface area contributed by atoms with Gasteiger partial charge < -0.3 is 15.3 Å². The molecule has 2 N–H and O–H groups in total. The number of amides is 2. The van der Waals surface area contributed by atoms with E-state index in [4.69, 9.17) is 0 Å². The third-order valence-electron chi connectivity index (χ3n) is 5.20. The highest BCUT2D eigenvalue weighted by Gasteiger charge is 2.42. The maximum Gasteiger partial charge on any atom is 0.251 e. The van der Waals surface area contributed by atoms with E-state index < -0.39 is 6.10 Å². The predicted octanol–water partition coefficient (Wildman–Crippen LogP) is 1.64. The average Bonchev–Trinajstić information content (AvgIpc) is 3.38. The molecular weight excluding hydrogens is 323 g/mol. The summed E-state index contributed by atoms with van der Waals surface area (Å²) in [6.45, 7) is 1.08. The van der Waals surface area contributed by atoms with E-state index in [0.29, 0.717) is 19.5 Å². The number of aliphatic hydroxyl groups is 1. The van der Waals surface area contributed by atoms with Crippen LogP contribution in [-0.4, -0.2) is 47.6 Å². The molecule has 0 bridgehead atoms. The first-order valence-electron chi connectivity index (χ1n) is 8.95. The van der Waals surface area contributed by atoms with Crippen LogP contribution in [0.1, 0.15) is 37.7 Å². The van der Waals surface area contributed by atoms with E-state index in [1.807, 2.05) is 0 Å². The number of likely N-dealkylation sites (tertiary alicyclic amines) is 1. The summed E-state index contributed by atoms with van der Waals surface area (Å²) >= 11 is 0. The molecule has 3 rings (SSSR count). The fourth-order valence-electron chi connectivity index (χ4n) is 3.39. The minimum atomic E-state index is -0.983. The van der Waals surface area contributed by atoms with Crippen molar-refractivity contribution in [3.05, 3.63) is 35.6 Å². The van der Waals surface area contributed by atoms with E-state index in [1.165, 1.54) is 17.0 Å². The molecule has 1 saturated carbocycles. The lowest BCUT2D eigenvalue weighted by atomic mass is 9.96. The van der Waals surface area contributed by atoms with Crippen molar-refractivity contribution in [2.75, 3.05) is 19.6 Å². The maximum atomic E-state index is 13.0. The van der Waals surface area contributed by atoms with E-state index in [9.17, 15) is 19.1 Å². The number of nitrogens with one attached hydrogen (secondary N) is 1. The SMILES string of the molecule is O=C(CN1CCCCC(O)C1=O)NCC1(Cc2ccc(F)cc2)CC1. The summed E-state index contributed by atoms with van der Waals surface area (Å²) in [5.41, 5.74) is 1.12. The molecule has 2 aliphatic rings. The van der Waals surface area contributed by atoms with Gasteiger partial charge in [0.05, 0.1) is 6.54 Å². The zero-order valence-electron chi connectivity index (χ0n) is 14.3. The number of hydrogen-bond donors (Lipinski definition) is 2. The molecule has 0 spiro atoms. The van der Waals surface area contributed by atoms with E-state index in [-0.39, 0.29) is 29.6 Å². The van der Waals surface area contributed by atoms with Crippen molar-refractivity contribution in [2.45, 2.75) is 44.6 Å². The van der Waals surface area contributed by atoms with Crippen LogP contribution in [0.25, 0.3) is 0 Å². The highest BCUT2D eigenvalue weighted by atomic mass is 19.1. The molecule has 1 saturated heterocycles. The van der Waals surface area contributed by atoms with Crippen molar-refractivity contribution < 1.29 is 19.1 Å². The molecule has 0 radical (unpaired) electrons. The molecule has 1 aromatic carbocycles. The average molecular weight is 348 g/mol. The van der Waals surface area contributed by atoms with Gasteiger partial charge in [0.25, 0.3) is 5.91 Å². The molecule has 2 fully saturated rings. The van der Waals surface area contributed by atoms with E-state index in [0.717, 1.165) is 37.7 Å². The lowest BCUT2D eigenvalue weighted by Gasteiger charge is -2.22. The van der Waals surface area contributed by atoms with Crippen LogP contribution in [0.2, 0.25) is 0 Å². The van der Waals surface area contributed by atoms with Gasteiger partial charge in [-0.15, -0.1) is 0 Å². The number of carbonyl (C=O) groups excluding carboxylic acids is 2. The van der Waals surface area contributed by atoms with E-state index >= 15 is 0 Å². The number of nitrogens with zero attached hydrogens (tertiary/aromatic N) is 1. The first-order chi connectivity index (χ1) is 12.0. The van der Waals surface area contributed by atoms with Gasteiger partial charge in [0.15, 0.2) is 0 Å². The van der Waals surface area contributed by atoms with Crippen molar-refractivity contribution in [1.82, 2.24) is 10.2 Å². The summed E-state index contributed by atoms with van der Waals surface area (Å²) in [6.07, 6.45) is 3.98. The van der Waals surface area contributed by atoms with Gasteiger partial charge in [-0.3, -0.25) is 9.59 Å². The van der Waals surface area contributed by atoms with Crippen LogP contribution in [0.3, 0.4) is 0 Å². The lowest BCUT2D eigenvalue weighted by molar-refractivity contribution is -0.142. The van der Waals surface area contributed by atoms with Crippen LogP contribution in [0.15, 0.2) is 24.3 Å². The summed E-state index contributed by atoms with van der Waals surface area (Å²) in [6, 6.07) is 6.49. The lowest BCUT2D eigenvalue weighted by Crippen LogP contribution is -2.45. The summed E-state index contributed by atoms with van der Waals surface area (Å²) in [7, 11) is 0. The fourth-order valence-corrected chi connectivity index (χ4v) is 3.39. The van der Waals surface area contributed by atoms with Crippen LogP contribution >= 0.6 is 0 Å². The van der Waals surface area contributed by atoms with Gasteiger partial charge in [-0.25, -0.2) is 4.39 Å². The third kappa shape index (κ3) is 4.78. The van der Waals surface area contributed by atoms with Crippen LogP contribution in [0.5, 0.6) is 0 Å². The molecule has 2 amide bonds. The van der Waals surface area contributed by atoms with Crippen molar-refractivity contribution in [2.24, 2.45) is 5.41 Å². The van der Waals surface area contributed by atoms with Crippen LogP contribution in [0.4, 0.5) is 4.39 Å². The molecule has 1 unspecified atom stereocenters. The van der Waals surface area contributed by atoms with Crippen LogP contribution < -0.4 is 5.32 Å². The fraction of sp³-hybridized carbons (Fsp3) is 0.579. The Hall–Kier alpha value is -1.95. The Morgan fingerprint density at radius 1 is 1.28 bits per heavy atom. The van der Waals surface area contributed by atoms with Gasteiger partial charge in [-0.05, 0) is 61.6 Å². The zero-order chi connectivity index (χ0) is 17.9. The normalized spacial score (nSPS) is 22.4. The number of halogens is 1. The molecule has 5 nitrogen and oxygen atoms in total. The topological polar surface area (TPSA) is 69.6 Å². The second kappa shape index (κ2) is 7.52. The van der Waals surface area contributed by atoms with Crippen molar-refractivity contribution in [3.63, 3.8) is 0 Å². The quantitative estimate of drug-likeness (QED) is 0.821. The Labute approximate surface area is 147 Å². The monoisotopic (exact) mass is 348 g/mol. The highest BCUT2D eigenvalue weighted by molar-refractivity contribution is 5.87. The first kappa shape index (κ1) is 17.9. The van der Waals surface area contributed by atoms with Gasteiger partial charge in [-0.2, -0.15) is 0 Å². The summed E-state index contributed by atoms with van der Waals surface area (Å²) in [4.78, 5) is 25.7. The first-order valence-corrected chi connectivity index (χ1v) is 8.95. The number of carbonyl (C=O) groups is 2. The zero-order valence-corrected chi connectivity index (χ0v) is 14.3. The Morgan fingerprint density at radius 2 is 2.00 bits per heavy atom. The van der Waals surface area contributed by atoms with Gasteiger partial charge in [0.1, 0.15) is 11.9 Å². The molecule has 1 heterocycles. The second-order valence-corrected chi connectivity index (χ2v) is 7.35. The third-order valence-corrected chi connectivity index (χ3v) is 5.20. The summed E-state index contributed by atoms with van der Waals surface area (Å²) in [5.74, 6) is -0.779. The predicted molar refractivity (Wildman–Crippen MR) is 91.2 cm³/mol. The number of aliphatic hydroxyl groups excluding tert-OH is 1. The molecular formula is C19H25FN2O3. The Bertz CT molecular complexity index is 628. The second-order valence-electron chi connectivity index (χ2n) is 7.35. The molecule has 136 valence electrons. The van der Waals surface area contributed by atoms with Gasteiger partial charge >= 0.3 is 0 Å². The smallest absolute Gasteiger partial charge is 0.251 e. The summed E-state index contributed by atoms with van der Waals surface area (Å²) < 4.78 is 13.0. The van der Waals surface area contributed by atoms with E-state index in [1.54, 1.807) is 12.1 Å². The standard InChI is InChI=1S/C19H25FN2O3/c20-15-6-4-14(5-7-15)11-19(8-9-19)13-21-17(24)12-22-10-2-1-3-16(23)18(22)25/h4-7,16,23H,1-3,8-13H2,(H,21,24). The van der Waals surface area contributed by atoms with Crippen molar-refractivity contribution >= 4 is 11.8 Å². The molecule has 1 aliphatic carbocycles. The van der Waals surface area contributed by atoms with Gasteiger partial charge in [-0.1, -0.05) is 12.1 Å². The van der Waals surface area contributed by atoms with Crippen molar-refractivity contribution in [1.29, 1.82) is 0 Å². The van der Waals surface area contributed by atoms with Gasteiger partial charge in [0.2, 0.25) is 5.91 Å². The minimum Gasteiger partial charge on any atom is -0.383 e. The maximum absolute atomic E-state index is 13.0. The number of rotatable bonds is 6. The molecule has 1 aliphatic heterocycles. The Kier molecular flexibility index (Phi) is 5.37. The van der Waals surface area contributed by atoms with Crippen LogP contribution in [-0.2, 0) is 16.0 Å². The molecule has 25 heavy (non-hydrogen) atoms. The van der Waals surface area contributed by atoms with Gasteiger partial charge in [0, 0.05) is 13.1 Å². The molecule has 1 atom stereocenters. The number of benzene rings is 1. The number of hydrogen-bond acceptors (Lipinski definition) is 3. The molecule has 0 aromatic heterocycles. The van der Waals surface area contributed by atoms with Crippen molar-refractivity contribution in [3.8, 4) is 0 Å². The van der Waals surface area contributed by atoms with E-state index in [2.05, 4.69) is 5.32 Å². The Balaban J connectivity index is 1.48. The molecule has 1 aromatic rings. The summed E-state index contributed by atoms with van der Waals surface area (Å²) in [5, 5.41) is 12.7. The highest BCUT2D eigenvalue weighted by Crippen LogP contribution is 2.47. The van der Waals surface area contributed by atoms with Crippen LogP contribution in [0, 0.1) is 11.2 Å². The Morgan fingerprint density at radius 3 is 2.68 bits per heavy atom.